The van der Waals surface area contributed by atoms with Gasteiger partial charge in [0.1, 0.15) is 16.6 Å². The standard InChI is InChI=1S/C26H39NO5S2/c1-9-23(29)27-34(30,31)24-18(5)15-22(33-24)26(10-2,11-3)19-12-13-20(17(4)14-19)32-16-21(28)25(6,7)8/h12-15,21,28H,9-11,16H2,1-8H3,(H,27,29). The van der Waals surface area contributed by atoms with E-state index in [1.54, 1.807) is 13.8 Å². The Morgan fingerprint density at radius 3 is 2.21 bits per heavy atom. The van der Waals surface area contributed by atoms with Crippen LogP contribution in [0.4, 0.5) is 0 Å². The molecule has 34 heavy (non-hydrogen) atoms. The first-order valence-corrected chi connectivity index (χ1v) is 14.1. The molecule has 190 valence electrons. The highest BCUT2D eigenvalue weighted by Crippen LogP contribution is 2.45. The number of carbonyl (C=O) groups excluding carboxylic acids is 1. The van der Waals surface area contributed by atoms with Crippen molar-refractivity contribution in [1.82, 2.24) is 4.72 Å². The number of aryl methyl sites for hydroxylation is 2. The van der Waals surface area contributed by atoms with Crippen molar-refractivity contribution in [2.24, 2.45) is 5.41 Å². The van der Waals surface area contributed by atoms with Crippen molar-refractivity contribution in [2.45, 2.75) is 90.4 Å². The van der Waals surface area contributed by atoms with Gasteiger partial charge in [0.25, 0.3) is 10.0 Å². The van der Waals surface area contributed by atoms with Crippen LogP contribution in [0.2, 0.25) is 0 Å². The predicted octanol–water partition coefficient (Wildman–Crippen LogP) is 5.47. The largest absolute Gasteiger partial charge is 0.491 e. The highest BCUT2D eigenvalue weighted by Gasteiger charge is 2.35. The van der Waals surface area contributed by atoms with E-state index in [-0.39, 0.29) is 28.1 Å². The van der Waals surface area contributed by atoms with Crippen LogP contribution in [0, 0.1) is 19.3 Å². The lowest BCUT2D eigenvalue weighted by molar-refractivity contribution is -0.119. The van der Waals surface area contributed by atoms with Crippen LogP contribution in [0.5, 0.6) is 5.75 Å². The van der Waals surface area contributed by atoms with Crippen LogP contribution >= 0.6 is 11.3 Å². The predicted molar refractivity (Wildman–Crippen MR) is 138 cm³/mol. The Labute approximate surface area is 208 Å². The number of hydrogen-bond acceptors (Lipinski definition) is 6. The molecule has 1 atom stereocenters. The Hall–Kier alpha value is -1.90. The van der Waals surface area contributed by atoms with E-state index in [0.717, 1.165) is 34.6 Å². The zero-order valence-electron chi connectivity index (χ0n) is 21.6. The minimum Gasteiger partial charge on any atom is -0.491 e. The minimum atomic E-state index is -3.91. The second-order valence-electron chi connectivity index (χ2n) is 9.93. The van der Waals surface area contributed by atoms with Crippen molar-refractivity contribution < 1.29 is 23.1 Å². The molecular weight excluding hydrogens is 470 g/mol. The van der Waals surface area contributed by atoms with Crippen LogP contribution in [-0.2, 0) is 20.2 Å². The van der Waals surface area contributed by atoms with E-state index in [1.807, 2.05) is 45.9 Å². The van der Waals surface area contributed by atoms with Crippen LogP contribution in [0.1, 0.15) is 82.4 Å². The average molecular weight is 510 g/mol. The molecule has 1 amide bonds. The number of benzene rings is 1. The molecule has 8 heteroatoms. The molecule has 0 bridgehead atoms. The van der Waals surface area contributed by atoms with E-state index >= 15 is 0 Å². The molecule has 2 aromatic rings. The number of hydrogen-bond donors (Lipinski definition) is 2. The van der Waals surface area contributed by atoms with E-state index < -0.39 is 22.0 Å². The lowest BCUT2D eigenvalue weighted by Gasteiger charge is -2.32. The van der Waals surface area contributed by atoms with Gasteiger partial charge in [-0.25, -0.2) is 13.1 Å². The molecule has 0 radical (unpaired) electrons. The topological polar surface area (TPSA) is 92.7 Å². The number of thiophene rings is 1. The summed E-state index contributed by atoms with van der Waals surface area (Å²) in [5, 5.41) is 10.3. The molecule has 0 saturated heterocycles. The Morgan fingerprint density at radius 1 is 1.09 bits per heavy atom. The molecule has 1 heterocycles. The van der Waals surface area contributed by atoms with Gasteiger partial charge < -0.3 is 9.84 Å². The summed E-state index contributed by atoms with van der Waals surface area (Å²) < 4.78 is 33.9. The molecule has 1 aromatic heterocycles. The first kappa shape index (κ1) is 28.3. The molecule has 0 aliphatic carbocycles. The summed E-state index contributed by atoms with van der Waals surface area (Å²) in [6, 6.07) is 7.98. The quantitative estimate of drug-likeness (QED) is 0.443. The van der Waals surface area contributed by atoms with Gasteiger partial charge in [0.15, 0.2) is 0 Å². The molecule has 0 spiro atoms. The van der Waals surface area contributed by atoms with Gasteiger partial charge in [-0.3, -0.25) is 4.79 Å². The molecule has 6 nitrogen and oxygen atoms in total. The van der Waals surface area contributed by atoms with Gasteiger partial charge in [-0.15, -0.1) is 11.3 Å². The normalized spacial score (nSPS) is 13.6. The second-order valence-corrected chi connectivity index (χ2v) is 12.9. The fourth-order valence-electron chi connectivity index (χ4n) is 3.91. The van der Waals surface area contributed by atoms with E-state index in [0.29, 0.717) is 5.56 Å². The van der Waals surface area contributed by atoms with E-state index in [4.69, 9.17) is 4.74 Å². The molecular formula is C26H39NO5S2. The maximum atomic E-state index is 12.8. The SMILES string of the molecule is CCC(=O)NS(=O)(=O)c1sc(C(CC)(CC)c2ccc(OCC(O)C(C)(C)C)c(C)c2)cc1C. The molecule has 0 aliphatic rings. The molecule has 0 fully saturated rings. The molecule has 1 aromatic carbocycles. The molecule has 0 aliphatic heterocycles. The first-order chi connectivity index (χ1) is 15.7. The number of amides is 1. The van der Waals surface area contributed by atoms with Crippen LogP contribution in [0.15, 0.2) is 28.5 Å². The van der Waals surface area contributed by atoms with Gasteiger partial charge in [0.05, 0.1) is 6.10 Å². The number of sulfonamides is 1. The van der Waals surface area contributed by atoms with E-state index in [9.17, 15) is 18.3 Å². The van der Waals surface area contributed by atoms with Crippen molar-refractivity contribution in [3.63, 3.8) is 0 Å². The molecule has 0 saturated carbocycles. The smallest absolute Gasteiger partial charge is 0.273 e. The van der Waals surface area contributed by atoms with Crippen LogP contribution in [-0.4, -0.2) is 32.1 Å². The number of carbonyl (C=O) groups is 1. The van der Waals surface area contributed by atoms with Gasteiger partial charge in [-0.2, -0.15) is 0 Å². The summed E-state index contributed by atoms with van der Waals surface area (Å²) in [5.74, 6) is 0.204. The lowest BCUT2D eigenvalue weighted by atomic mass is 9.74. The summed E-state index contributed by atoms with van der Waals surface area (Å²) in [5.41, 5.74) is 2.05. The van der Waals surface area contributed by atoms with Gasteiger partial charge in [0, 0.05) is 16.7 Å². The highest BCUT2D eigenvalue weighted by molar-refractivity contribution is 7.92. The summed E-state index contributed by atoms with van der Waals surface area (Å²) >= 11 is 1.23. The number of nitrogens with one attached hydrogen (secondary N) is 1. The Balaban J connectivity index is 2.44. The van der Waals surface area contributed by atoms with Crippen LogP contribution in [0.25, 0.3) is 0 Å². The van der Waals surface area contributed by atoms with Crippen molar-refractivity contribution >= 4 is 27.3 Å². The maximum Gasteiger partial charge on any atom is 0.273 e. The van der Waals surface area contributed by atoms with Gasteiger partial charge in [-0.05, 0) is 60.9 Å². The van der Waals surface area contributed by atoms with Crippen molar-refractivity contribution in [2.75, 3.05) is 6.61 Å². The molecule has 2 N–H and O–H groups in total. The Kier molecular flexibility index (Phi) is 8.99. The summed E-state index contributed by atoms with van der Waals surface area (Å²) in [4.78, 5) is 12.7. The second kappa shape index (κ2) is 10.8. The van der Waals surface area contributed by atoms with Crippen molar-refractivity contribution in [3.05, 3.63) is 45.8 Å². The lowest BCUT2D eigenvalue weighted by Crippen LogP contribution is -2.32. The fourth-order valence-corrected chi connectivity index (χ4v) is 7.02. The Bertz CT molecular complexity index is 1110. The number of aliphatic hydroxyl groups excluding tert-OH is 1. The maximum absolute atomic E-state index is 12.8. The third kappa shape index (κ3) is 6.01. The summed E-state index contributed by atoms with van der Waals surface area (Å²) in [6.07, 6.45) is 1.09. The molecule has 2 rings (SSSR count). The fraction of sp³-hybridized carbons (Fsp3) is 0.577. The van der Waals surface area contributed by atoms with Gasteiger partial charge >= 0.3 is 0 Å². The number of aliphatic hydroxyl groups is 1. The minimum absolute atomic E-state index is 0.102. The highest BCUT2D eigenvalue weighted by atomic mass is 32.2. The Morgan fingerprint density at radius 2 is 1.71 bits per heavy atom. The zero-order valence-corrected chi connectivity index (χ0v) is 23.2. The monoisotopic (exact) mass is 509 g/mol. The first-order valence-electron chi connectivity index (χ1n) is 11.8. The van der Waals surface area contributed by atoms with Crippen molar-refractivity contribution in [1.29, 1.82) is 0 Å². The van der Waals surface area contributed by atoms with Crippen molar-refractivity contribution in [3.8, 4) is 5.75 Å². The third-order valence-corrected chi connectivity index (χ3v) is 9.94. The molecule has 1 unspecified atom stereocenters. The van der Waals surface area contributed by atoms with E-state index in [2.05, 4.69) is 24.6 Å². The number of ether oxygens (including phenoxy) is 1. The third-order valence-electron chi connectivity index (χ3n) is 6.49. The van der Waals surface area contributed by atoms with E-state index in [1.165, 1.54) is 11.3 Å². The summed E-state index contributed by atoms with van der Waals surface area (Å²) in [6.45, 7) is 15.7. The van der Waals surface area contributed by atoms with Gasteiger partial charge in [-0.1, -0.05) is 53.7 Å². The van der Waals surface area contributed by atoms with Gasteiger partial charge in [0.2, 0.25) is 5.91 Å². The zero-order chi connectivity index (χ0) is 25.9. The average Bonchev–Trinajstić information content (AvgIpc) is 3.16. The van der Waals surface area contributed by atoms with Crippen LogP contribution in [0.3, 0.4) is 0 Å². The van der Waals surface area contributed by atoms with Crippen LogP contribution < -0.4 is 9.46 Å². The summed E-state index contributed by atoms with van der Waals surface area (Å²) in [7, 11) is -3.91. The number of rotatable bonds is 10.